The molecule has 1 fully saturated rings. The smallest absolute Gasteiger partial charge is 0.213 e. The fourth-order valence-electron chi connectivity index (χ4n) is 4.54. The van der Waals surface area contributed by atoms with Gasteiger partial charge < -0.3 is 9.84 Å². The number of ketones is 1. The predicted molar refractivity (Wildman–Crippen MR) is 108 cm³/mol. The van der Waals surface area contributed by atoms with Gasteiger partial charge in [0.2, 0.25) is 5.60 Å². The molecule has 4 nitrogen and oxygen atoms in total. The lowest BCUT2D eigenvalue weighted by Gasteiger charge is -2.38. The van der Waals surface area contributed by atoms with Crippen molar-refractivity contribution in [2.75, 3.05) is 0 Å². The summed E-state index contributed by atoms with van der Waals surface area (Å²) in [5.74, 6) is -0.343. The summed E-state index contributed by atoms with van der Waals surface area (Å²) in [5.41, 5.74) is -1.34. The van der Waals surface area contributed by atoms with Gasteiger partial charge in [0.15, 0.2) is 11.4 Å². The highest BCUT2D eigenvalue weighted by atomic mass is 79.9. The Morgan fingerprint density at radius 3 is 2.57 bits per heavy atom. The second-order valence-electron chi connectivity index (χ2n) is 7.15. The number of halogens is 2. The summed E-state index contributed by atoms with van der Waals surface area (Å²) in [6, 6.07) is 18.8. The first-order valence-corrected chi connectivity index (χ1v) is 10.1. The number of hydrogen-bond acceptors (Lipinski definition) is 4. The van der Waals surface area contributed by atoms with Gasteiger partial charge in [-0.05, 0) is 23.3 Å². The van der Waals surface area contributed by atoms with Crippen LogP contribution < -0.4 is 4.74 Å². The minimum Gasteiger partial charge on any atom is -0.476 e. The number of nitrogens with zero attached hydrogens (tertiary/aromatic N) is 1. The van der Waals surface area contributed by atoms with E-state index in [9.17, 15) is 9.90 Å². The van der Waals surface area contributed by atoms with Gasteiger partial charge in [0.25, 0.3) is 0 Å². The molecule has 3 aromatic rings. The first-order valence-electron chi connectivity index (χ1n) is 8.88. The Morgan fingerprint density at radius 1 is 1.14 bits per heavy atom. The second kappa shape index (κ2) is 6.14. The van der Waals surface area contributed by atoms with Crippen LogP contribution in [0, 0.1) is 0 Å². The highest BCUT2D eigenvalue weighted by molar-refractivity contribution is 9.10. The molecular weight excluding hydrogens is 442 g/mol. The van der Waals surface area contributed by atoms with Crippen LogP contribution in [0.1, 0.15) is 29.2 Å². The number of ether oxygens (including phenoxy) is 1. The molecule has 0 spiro atoms. The third kappa shape index (κ3) is 2.21. The lowest BCUT2D eigenvalue weighted by molar-refractivity contribution is -0.151. The fraction of sp³-hybridized carbons (Fsp3) is 0.182. The molecule has 0 bridgehead atoms. The van der Waals surface area contributed by atoms with Gasteiger partial charge in [-0.2, -0.15) is 0 Å². The van der Waals surface area contributed by atoms with E-state index in [1.807, 2.05) is 54.6 Å². The zero-order valence-electron chi connectivity index (χ0n) is 14.6. The zero-order valence-corrected chi connectivity index (χ0v) is 16.9. The standard InChI is InChI=1S/C22H15BrClNO3/c23-15-8-6-14(7-9-15)22-17(13-4-2-1-3-5-13)11-19(26)21(22,27)20-18(28-22)10-16(24)12-25-20/h1-10,12,17,27H,11H2/t17-,21+,22-/m0/s1. The third-order valence-corrected chi connectivity index (χ3v) is 6.46. The molecular formula is C22H15BrClNO3. The number of pyridine rings is 1. The maximum absolute atomic E-state index is 13.2. The first-order chi connectivity index (χ1) is 13.5. The molecule has 2 heterocycles. The number of aromatic nitrogens is 1. The molecule has 0 amide bonds. The summed E-state index contributed by atoms with van der Waals surface area (Å²) in [6.07, 6.45) is 1.59. The van der Waals surface area contributed by atoms with Crippen LogP contribution in [0.4, 0.5) is 0 Å². The van der Waals surface area contributed by atoms with Crippen LogP contribution in [0.3, 0.4) is 0 Å². The van der Waals surface area contributed by atoms with Gasteiger partial charge in [-0.1, -0.05) is 70.0 Å². The van der Waals surface area contributed by atoms with Crippen LogP contribution in [0.2, 0.25) is 5.02 Å². The summed E-state index contributed by atoms with van der Waals surface area (Å²) in [7, 11) is 0. The fourth-order valence-corrected chi connectivity index (χ4v) is 4.95. The van der Waals surface area contributed by atoms with E-state index < -0.39 is 11.2 Å². The number of aliphatic hydroxyl groups is 1. The van der Waals surface area contributed by atoms with Crippen LogP contribution in [0.5, 0.6) is 5.75 Å². The van der Waals surface area contributed by atoms with Gasteiger partial charge in [0.1, 0.15) is 11.4 Å². The SMILES string of the molecule is O=C1C[C@@H](c2ccccc2)[C@]2(c3ccc(Br)cc3)Oc3cc(Cl)cnc3[C@]12O. The van der Waals surface area contributed by atoms with E-state index in [1.54, 1.807) is 6.07 Å². The molecule has 1 aromatic heterocycles. The maximum Gasteiger partial charge on any atom is 0.213 e. The molecule has 28 heavy (non-hydrogen) atoms. The quantitative estimate of drug-likeness (QED) is 0.606. The summed E-state index contributed by atoms with van der Waals surface area (Å²) >= 11 is 9.56. The molecule has 6 heteroatoms. The lowest BCUT2D eigenvalue weighted by Crippen LogP contribution is -2.51. The minimum atomic E-state index is -1.89. The molecule has 3 atom stereocenters. The molecule has 0 radical (unpaired) electrons. The summed E-state index contributed by atoms with van der Waals surface area (Å²) in [6.45, 7) is 0. The summed E-state index contributed by atoms with van der Waals surface area (Å²) < 4.78 is 7.33. The van der Waals surface area contributed by atoms with E-state index in [4.69, 9.17) is 16.3 Å². The van der Waals surface area contributed by atoms with E-state index in [0.717, 1.165) is 10.0 Å². The van der Waals surface area contributed by atoms with Crippen LogP contribution >= 0.6 is 27.5 Å². The van der Waals surface area contributed by atoms with Crippen LogP contribution in [0.15, 0.2) is 71.3 Å². The molecule has 5 rings (SSSR count). The van der Waals surface area contributed by atoms with Gasteiger partial charge in [-0.15, -0.1) is 0 Å². The van der Waals surface area contributed by atoms with E-state index in [1.165, 1.54) is 6.20 Å². The zero-order chi connectivity index (χ0) is 19.5. The Bertz CT molecular complexity index is 1090. The molecule has 1 saturated carbocycles. The second-order valence-corrected chi connectivity index (χ2v) is 8.50. The van der Waals surface area contributed by atoms with Crippen molar-refractivity contribution in [3.05, 3.63) is 93.2 Å². The molecule has 1 aliphatic carbocycles. The monoisotopic (exact) mass is 455 g/mol. The van der Waals surface area contributed by atoms with Crippen molar-refractivity contribution in [3.63, 3.8) is 0 Å². The highest BCUT2D eigenvalue weighted by Crippen LogP contribution is 2.64. The van der Waals surface area contributed by atoms with E-state index in [-0.39, 0.29) is 23.8 Å². The van der Waals surface area contributed by atoms with Gasteiger partial charge >= 0.3 is 0 Å². The van der Waals surface area contributed by atoms with Crippen molar-refractivity contribution in [2.45, 2.75) is 23.5 Å². The first kappa shape index (κ1) is 17.9. The number of carbonyl (C=O) groups excluding carboxylic acids is 1. The Kier molecular flexibility index (Phi) is 3.92. The van der Waals surface area contributed by atoms with Crippen molar-refractivity contribution in [2.24, 2.45) is 0 Å². The molecule has 140 valence electrons. The Morgan fingerprint density at radius 2 is 1.86 bits per heavy atom. The molecule has 0 unspecified atom stereocenters. The molecule has 1 aliphatic heterocycles. The van der Waals surface area contributed by atoms with Gasteiger partial charge in [0.05, 0.1) is 5.02 Å². The number of fused-ring (bicyclic) bond motifs is 3. The number of hydrogen-bond donors (Lipinski definition) is 1. The van der Waals surface area contributed by atoms with Crippen LogP contribution in [-0.4, -0.2) is 15.9 Å². The number of benzene rings is 2. The van der Waals surface area contributed by atoms with Gasteiger partial charge in [-0.3, -0.25) is 9.78 Å². The molecule has 2 aromatic carbocycles. The summed E-state index contributed by atoms with van der Waals surface area (Å²) in [4.78, 5) is 17.5. The predicted octanol–water partition coefficient (Wildman–Crippen LogP) is 4.73. The Labute approximate surface area is 175 Å². The molecule has 1 N–H and O–H groups in total. The van der Waals surface area contributed by atoms with Crippen molar-refractivity contribution in [1.29, 1.82) is 0 Å². The minimum absolute atomic E-state index is 0.153. The third-order valence-electron chi connectivity index (χ3n) is 5.73. The van der Waals surface area contributed by atoms with E-state index in [2.05, 4.69) is 20.9 Å². The highest BCUT2D eigenvalue weighted by Gasteiger charge is 2.73. The number of rotatable bonds is 2. The molecule has 2 aliphatic rings. The Hall–Kier alpha value is -2.21. The maximum atomic E-state index is 13.2. The topological polar surface area (TPSA) is 59.4 Å². The van der Waals surface area contributed by atoms with Crippen molar-refractivity contribution in [3.8, 4) is 5.75 Å². The van der Waals surface area contributed by atoms with Crippen molar-refractivity contribution in [1.82, 2.24) is 4.98 Å². The Balaban J connectivity index is 1.82. The van der Waals surface area contributed by atoms with E-state index >= 15 is 0 Å². The average molecular weight is 457 g/mol. The lowest BCUT2D eigenvalue weighted by atomic mass is 9.72. The van der Waals surface area contributed by atoms with Gasteiger partial charge in [-0.25, -0.2) is 0 Å². The van der Waals surface area contributed by atoms with Gasteiger partial charge in [0, 0.05) is 29.1 Å². The van der Waals surface area contributed by atoms with Crippen LogP contribution in [0.25, 0.3) is 0 Å². The van der Waals surface area contributed by atoms with E-state index in [0.29, 0.717) is 16.3 Å². The largest absolute Gasteiger partial charge is 0.476 e. The average Bonchev–Trinajstić information content (AvgIpc) is 3.09. The molecule has 0 saturated heterocycles. The van der Waals surface area contributed by atoms with Crippen molar-refractivity contribution < 1.29 is 14.6 Å². The number of Topliss-reactive ketones (excluding diaryl/α,β-unsaturated/α-hetero) is 1. The van der Waals surface area contributed by atoms with Crippen LogP contribution in [-0.2, 0) is 16.0 Å². The number of carbonyl (C=O) groups is 1. The summed E-state index contributed by atoms with van der Waals surface area (Å²) in [5, 5.41) is 12.2. The van der Waals surface area contributed by atoms with Crippen molar-refractivity contribution >= 4 is 33.3 Å². The normalized spacial score (nSPS) is 28.0.